The average Bonchev–Trinajstić information content (AvgIpc) is 3.07. The van der Waals surface area contributed by atoms with Gasteiger partial charge in [-0.2, -0.15) is 9.78 Å². The zero-order chi connectivity index (χ0) is 16.8. The lowest BCUT2D eigenvalue weighted by molar-refractivity contribution is 0.767. The van der Waals surface area contributed by atoms with Gasteiger partial charge in [0.15, 0.2) is 0 Å². The summed E-state index contributed by atoms with van der Waals surface area (Å²) in [7, 11) is 0. The summed E-state index contributed by atoms with van der Waals surface area (Å²) in [6.07, 6.45) is 5.52. The molecule has 122 valence electrons. The van der Waals surface area contributed by atoms with Gasteiger partial charge in [0.05, 0.1) is 6.21 Å². The van der Waals surface area contributed by atoms with Crippen LogP contribution in [0, 0.1) is 6.92 Å². The van der Waals surface area contributed by atoms with Gasteiger partial charge >= 0.3 is 0 Å². The van der Waals surface area contributed by atoms with Gasteiger partial charge in [-0.15, -0.1) is 22.0 Å². The molecule has 2 aromatic carbocycles. The second-order valence-corrected chi connectivity index (χ2v) is 7.07. The normalized spacial score (nSPS) is 11.2. The van der Waals surface area contributed by atoms with Gasteiger partial charge in [0, 0.05) is 10.6 Å². The monoisotopic (exact) mass is 354 g/mol. The van der Waals surface area contributed by atoms with Gasteiger partial charge in [0.25, 0.3) is 0 Å². The van der Waals surface area contributed by atoms with Gasteiger partial charge in [0.2, 0.25) is 5.16 Å². The van der Waals surface area contributed by atoms with Gasteiger partial charge in [-0.25, -0.2) is 0 Å². The molecule has 0 aliphatic heterocycles. The minimum absolute atomic E-state index is 0.785. The van der Waals surface area contributed by atoms with E-state index in [1.807, 2.05) is 6.21 Å². The molecule has 0 N–H and O–H groups in total. The SMILES string of the molecule is CSc1ccc(/C=N\n2cnnc2SCc2ccc(C)cc2)cc1. The lowest BCUT2D eigenvalue weighted by Crippen LogP contribution is -1.93. The molecular weight excluding hydrogens is 336 g/mol. The molecule has 0 bridgehead atoms. The smallest absolute Gasteiger partial charge is 0.195 e. The number of aryl methyl sites for hydroxylation is 1. The van der Waals surface area contributed by atoms with E-state index < -0.39 is 0 Å². The maximum atomic E-state index is 4.46. The molecule has 0 atom stereocenters. The molecule has 0 fully saturated rings. The predicted molar refractivity (Wildman–Crippen MR) is 102 cm³/mol. The molecule has 0 spiro atoms. The number of hydrogen-bond donors (Lipinski definition) is 0. The maximum absolute atomic E-state index is 4.46. The van der Waals surface area contributed by atoms with E-state index in [0.29, 0.717) is 0 Å². The van der Waals surface area contributed by atoms with Crippen molar-refractivity contribution in [2.75, 3.05) is 6.26 Å². The molecule has 0 saturated heterocycles. The van der Waals surface area contributed by atoms with Crippen LogP contribution in [0.25, 0.3) is 0 Å². The fourth-order valence-electron chi connectivity index (χ4n) is 2.04. The Morgan fingerprint density at radius 2 is 1.83 bits per heavy atom. The second-order valence-electron chi connectivity index (χ2n) is 5.25. The zero-order valence-electron chi connectivity index (χ0n) is 13.6. The molecule has 6 heteroatoms. The molecule has 1 aromatic heterocycles. The van der Waals surface area contributed by atoms with E-state index in [2.05, 4.69) is 77.0 Å². The van der Waals surface area contributed by atoms with Gasteiger partial charge in [-0.1, -0.05) is 53.7 Å². The quantitative estimate of drug-likeness (QED) is 0.483. The third kappa shape index (κ3) is 4.49. The summed E-state index contributed by atoms with van der Waals surface area (Å²) in [5.41, 5.74) is 3.58. The van der Waals surface area contributed by atoms with Crippen LogP contribution in [-0.4, -0.2) is 27.3 Å². The molecule has 3 rings (SSSR count). The van der Waals surface area contributed by atoms with E-state index >= 15 is 0 Å². The number of aromatic nitrogens is 3. The minimum atomic E-state index is 0.785. The van der Waals surface area contributed by atoms with Gasteiger partial charge < -0.3 is 0 Å². The summed E-state index contributed by atoms with van der Waals surface area (Å²) in [4.78, 5) is 1.24. The highest BCUT2D eigenvalue weighted by Gasteiger charge is 2.04. The second kappa shape index (κ2) is 8.17. The minimum Gasteiger partial charge on any atom is -0.195 e. The fraction of sp³-hybridized carbons (Fsp3) is 0.167. The highest BCUT2D eigenvalue weighted by molar-refractivity contribution is 7.98. The average molecular weight is 355 g/mol. The Kier molecular flexibility index (Phi) is 5.72. The van der Waals surface area contributed by atoms with Crippen LogP contribution in [0.3, 0.4) is 0 Å². The van der Waals surface area contributed by atoms with Crippen LogP contribution < -0.4 is 0 Å². The summed E-state index contributed by atoms with van der Waals surface area (Å²) in [5.74, 6) is 0.844. The molecule has 0 radical (unpaired) electrons. The zero-order valence-corrected chi connectivity index (χ0v) is 15.2. The Hall–Kier alpha value is -2.05. The van der Waals surface area contributed by atoms with Crippen LogP contribution in [0.2, 0.25) is 0 Å². The van der Waals surface area contributed by atoms with Gasteiger partial charge in [0.1, 0.15) is 6.33 Å². The van der Waals surface area contributed by atoms with Gasteiger partial charge in [-0.05, 0) is 36.4 Å². The summed E-state index contributed by atoms with van der Waals surface area (Å²) in [6.45, 7) is 2.09. The molecule has 24 heavy (non-hydrogen) atoms. The molecule has 0 saturated carbocycles. The lowest BCUT2D eigenvalue weighted by Gasteiger charge is -2.02. The molecule has 4 nitrogen and oxygen atoms in total. The molecule has 0 amide bonds. The van der Waals surface area contributed by atoms with Crippen LogP contribution in [0.4, 0.5) is 0 Å². The van der Waals surface area contributed by atoms with Crippen molar-refractivity contribution in [1.29, 1.82) is 0 Å². The van der Waals surface area contributed by atoms with Crippen molar-refractivity contribution in [3.05, 3.63) is 71.5 Å². The first kappa shape index (κ1) is 16.8. The number of rotatable bonds is 6. The van der Waals surface area contributed by atoms with E-state index in [-0.39, 0.29) is 0 Å². The van der Waals surface area contributed by atoms with Crippen molar-refractivity contribution < 1.29 is 0 Å². The number of benzene rings is 2. The fourth-order valence-corrected chi connectivity index (χ4v) is 3.27. The van der Waals surface area contributed by atoms with Gasteiger partial charge in [-0.3, -0.25) is 0 Å². The Labute approximate surface area is 150 Å². The van der Waals surface area contributed by atoms with E-state index in [0.717, 1.165) is 16.5 Å². The first-order chi connectivity index (χ1) is 11.7. The highest BCUT2D eigenvalue weighted by Crippen LogP contribution is 2.21. The van der Waals surface area contributed by atoms with Crippen LogP contribution in [-0.2, 0) is 5.75 Å². The molecule has 1 heterocycles. The number of hydrogen-bond acceptors (Lipinski definition) is 5. The molecule has 0 aliphatic carbocycles. The summed E-state index contributed by atoms with van der Waals surface area (Å²) in [6, 6.07) is 16.8. The van der Waals surface area contributed by atoms with E-state index in [1.165, 1.54) is 16.0 Å². The third-order valence-corrected chi connectivity index (χ3v) is 5.18. The molecule has 0 unspecified atom stereocenters. The van der Waals surface area contributed by atoms with Crippen LogP contribution >= 0.6 is 23.5 Å². The Morgan fingerprint density at radius 3 is 2.54 bits per heavy atom. The highest BCUT2D eigenvalue weighted by atomic mass is 32.2. The van der Waals surface area contributed by atoms with Crippen LogP contribution in [0.5, 0.6) is 0 Å². The first-order valence-corrected chi connectivity index (χ1v) is 9.72. The van der Waals surface area contributed by atoms with Crippen molar-refractivity contribution in [2.24, 2.45) is 5.10 Å². The maximum Gasteiger partial charge on any atom is 0.212 e. The van der Waals surface area contributed by atoms with Crippen molar-refractivity contribution in [2.45, 2.75) is 22.7 Å². The third-order valence-electron chi connectivity index (χ3n) is 3.44. The largest absolute Gasteiger partial charge is 0.212 e. The topological polar surface area (TPSA) is 43.1 Å². The lowest BCUT2D eigenvalue weighted by atomic mass is 10.2. The van der Waals surface area contributed by atoms with Crippen LogP contribution in [0.1, 0.15) is 16.7 Å². The van der Waals surface area contributed by atoms with E-state index in [1.54, 1.807) is 34.5 Å². The van der Waals surface area contributed by atoms with Crippen LogP contribution in [0.15, 0.2) is 70.0 Å². The first-order valence-electron chi connectivity index (χ1n) is 7.51. The Bertz CT molecular complexity index is 808. The standard InChI is InChI=1S/C18H18N4S2/c1-14-3-5-16(6-4-14)12-24-18-21-19-13-22(18)20-11-15-7-9-17(23-2)10-8-15/h3-11,13H,12H2,1-2H3/b20-11-. The van der Waals surface area contributed by atoms with Crippen molar-refractivity contribution >= 4 is 29.7 Å². The predicted octanol–water partition coefficient (Wildman–Crippen LogP) is 4.48. The molecule has 3 aromatic rings. The summed E-state index contributed by atoms with van der Waals surface area (Å²) >= 11 is 3.35. The van der Waals surface area contributed by atoms with Crippen molar-refractivity contribution in [3.63, 3.8) is 0 Å². The Balaban J connectivity index is 1.65. The summed E-state index contributed by atoms with van der Waals surface area (Å²) < 4.78 is 1.71. The Morgan fingerprint density at radius 1 is 1.08 bits per heavy atom. The molecule has 0 aliphatic rings. The molecular formula is C18H18N4S2. The number of thioether (sulfide) groups is 2. The van der Waals surface area contributed by atoms with Crippen molar-refractivity contribution in [3.8, 4) is 0 Å². The number of nitrogens with zero attached hydrogens (tertiary/aromatic N) is 4. The van der Waals surface area contributed by atoms with E-state index in [4.69, 9.17) is 0 Å². The van der Waals surface area contributed by atoms with E-state index in [9.17, 15) is 0 Å². The van der Waals surface area contributed by atoms with Crippen molar-refractivity contribution in [1.82, 2.24) is 14.9 Å². The summed E-state index contributed by atoms with van der Waals surface area (Å²) in [5, 5.41) is 13.4.